The number of carbonyl (C=O) groups excluding carboxylic acids is 1. The standard InChI is InChI=1S/C21H26O/c1-13-7-9-20(3)17-8-10-21(4)16(5-6-19(21)22)15(17)12-14(2)18(20)11-13/h7,9,11,15-17H,1-2,5-6,8,10,12H2,3-4H3/t15-,16-,17-,20+,21-/m0/s1. The molecule has 0 radical (unpaired) electrons. The molecule has 0 aromatic rings. The summed E-state index contributed by atoms with van der Waals surface area (Å²) in [6.07, 6.45) is 12.0. The van der Waals surface area contributed by atoms with Crippen LogP contribution in [0.3, 0.4) is 0 Å². The number of carbonyl (C=O) groups is 1. The smallest absolute Gasteiger partial charge is 0.139 e. The summed E-state index contributed by atoms with van der Waals surface area (Å²) in [5, 5.41) is 0. The first kappa shape index (κ1) is 14.2. The predicted octanol–water partition coefficient (Wildman–Crippen LogP) is 5.02. The van der Waals surface area contributed by atoms with Gasteiger partial charge in [-0.1, -0.05) is 50.8 Å². The predicted molar refractivity (Wildman–Crippen MR) is 90.3 cm³/mol. The van der Waals surface area contributed by atoms with Gasteiger partial charge in [-0.3, -0.25) is 4.79 Å². The molecule has 4 rings (SSSR count). The second kappa shape index (κ2) is 4.34. The third-order valence-electron chi connectivity index (χ3n) is 7.33. The van der Waals surface area contributed by atoms with Crippen molar-refractivity contribution >= 4 is 5.78 Å². The molecule has 0 unspecified atom stereocenters. The summed E-state index contributed by atoms with van der Waals surface area (Å²) in [4.78, 5) is 12.4. The molecule has 1 heteroatoms. The van der Waals surface area contributed by atoms with E-state index in [0.717, 1.165) is 31.3 Å². The van der Waals surface area contributed by atoms with Crippen LogP contribution in [0, 0.1) is 28.6 Å². The van der Waals surface area contributed by atoms with Crippen molar-refractivity contribution in [3.63, 3.8) is 0 Å². The molecule has 22 heavy (non-hydrogen) atoms. The molecule has 0 aliphatic heterocycles. The van der Waals surface area contributed by atoms with Crippen molar-refractivity contribution in [2.75, 3.05) is 0 Å². The van der Waals surface area contributed by atoms with Crippen LogP contribution in [0.2, 0.25) is 0 Å². The van der Waals surface area contributed by atoms with Gasteiger partial charge in [-0.05, 0) is 54.6 Å². The monoisotopic (exact) mass is 294 g/mol. The fourth-order valence-electron chi connectivity index (χ4n) is 6.05. The number of fused-ring (bicyclic) bond motifs is 5. The Hall–Kier alpha value is -1.37. The first-order valence-electron chi connectivity index (χ1n) is 8.68. The average molecular weight is 294 g/mol. The highest BCUT2D eigenvalue weighted by Crippen LogP contribution is 2.64. The van der Waals surface area contributed by atoms with Crippen LogP contribution in [0.4, 0.5) is 0 Å². The van der Waals surface area contributed by atoms with Crippen molar-refractivity contribution in [2.24, 2.45) is 28.6 Å². The van der Waals surface area contributed by atoms with Gasteiger partial charge in [-0.15, -0.1) is 0 Å². The highest BCUT2D eigenvalue weighted by Gasteiger charge is 2.58. The Morgan fingerprint density at radius 3 is 2.73 bits per heavy atom. The van der Waals surface area contributed by atoms with Crippen LogP contribution in [0.5, 0.6) is 0 Å². The van der Waals surface area contributed by atoms with Crippen molar-refractivity contribution in [3.05, 3.63) is 48.1 Å². The summed E-state index contributed by atoms with van der Waals surface area (Å²) in [7, 11) is 0. The Bertz CT molecular complexity index is 649. The van der Waals surface area contributed by atoms with Gasteiger partial charge in [-0.25, -0.2) is 0 Å². The van der Waals surface area contributed by atoms with Crippen LogP contribution in [-0.2, 0) is 4.79 Å². The normalized spacial score (nSPS) is 46.9. The zero-order valence-corrected chi connectivity index (χ0v) is 13.8. The molecule has 0 N–H and O–H groups in total. The number of hydrogen-bond donors (Lipinski definition) is 0. The van der Waals surface area contributed by atoms with Gasteiger partial charge < -0.3 is 0 Å². The summed E-state index contributed by atoms with van der Waals surface area (Å²) >= 11 is 0. The highest BCUT2D eigenvalue weighted by molar-refractivity contribution is 5.87. The van der Waals surface area contributed by atoms with Crippen LogP contribution in [0.1, 0.15) is 46.0 Å². The molecule has 0 bridgehead atoms. The summed E-state index contributed by atoms with van der Waals surface area (Å²) < 4.78 is 0. The molecule has 4 aliphatic rings. The van der Waals surface area contributed by atoms with Crippen molar-refractivity contribution < 1.29 is 4.79 Å². The number of rotatable bonds is 0. The number of allylic oxidation sites excluding steroid dienone is 6. The highest BCUT2D eigenvalue weighted by atomic mass is 16.1. The summed E-state index contributed by atoms with van der Waals surface area (Å²) in [5.41, 5.74) is 3.80. The van der Waals surface area contributed by atoms with E-state index < -0.39 is 0 Å². The molecule has 0 saturated heterocycles. The zero-order valence-electron chi connectivity index (χ0n) is 13.8. The zero-order chi connectivity index (χ0) is 15.7. The van der Waals surface area contributed by atoms with Gasteiger partial charge in [0, 0.05) is 17.3 Å². The van der Waals surface area contributed by atoms with E-state index in [1.54, 1.807) is 0 Å². The molecule has 5 atom stereocenters. The molecule has 0 heterocycles. The molecule has 3 saturated carbocycles. The van der Waals surface area contributed by atoms with Gasteiger partial charge in [0.2, 0.25) is 0 Å². The topological polar surface area (TPSA) is 17.1 Å². The maximum Gasteiger partial charge on any atom is 0.139 e. The number of ketones is 1. The lowest BCUT2D eigenvalue weighted by atomic mass is 9.48. The lowest BCUT2D eigenvalue weighted by molar-refractivity contribution is -0.131. The third-order valence-corrected chi connectivity index (χ3v) is 7.33. The number of Topliss-reactive ketones (excluding diaryl/α,β-unsaturated/α-hetero) is 1. The van der Waals surface area contributed by atoms with Gasteiger partial charge in [-0.2, -0.15) is 0 Å². The first-order valence-corrected chi connectivity index (χ1v) is 8.68. The van der Waals surface area contributed by atoms with Crippen molar-refractivity contribution in [1.82, 2.24) is 0 Å². The molecule has 3 fully saturated rings. The van der Waals surface area contributed by atoms with Crippen LogP contribution in [-0.4, -0.2) is 5.78 Å². The Kier molecular flexibility index (Phi) is 2.81. The molecule has 0 spiro atoms. The fraction of sp³-hybridized carbons (Fsp3) is 0.571. The Labute approximate surface area is 133 Å². The maximum absolute atomic E-state index is 12.4. The third kappa shape index (κ3) is 1.63. The fourth-order valence-corrected chi connectivity index (χ4v) is 6.05. The lowest BCUT2D eigenvalue weighted by Crippen LogP contribution is -2.49. The summed E-state index contributed by atoms with van der Waals surface area (Å²) in [5.74, 6) is 2.35. The van der Waals surface area contributed by atoms with Gasteiger partial charge in [0.25, 0.3) is 0 Å². The van der Waals surface area contributed by atoms with Crippen LogP contribution < -0.4 is 0 Å². The first-order chi connectivity index (χ1) is 10.4. The molecular formula is C21H26O. The van der Waals surface area contributed by atoms with E-state index in [1.807, 2.05) is 0 Å². The van der Waals surface area contributed by atoms with E-state index in [4.69, 9.17) is 0 Å². The van der Waals surface area contributed by atoms with E-state index in [2.05, 4.69) is 45.2 Å². The maximum atomic E-state index is 12.4. The van der Waals surface area contributed by atoms with Gasteiger partial charge in [0.1, 0.15) is 5.78 Å². The van der Waals surface area contributed by atoms with E-state index in [9.17, 15) is 4.79 Å². The minimum absolute atomic E-state index is 0.0546. The molecular weight excluding hydrogens is 268 g/mol. The molecule has 116 valence electrons. The SMILES string of the molecule is C=C1C=C[C@@]2(C)C(=C1)C(=C)C[C@@H]1[C@@H]2CC[C@]2(C)C(=O)CC[C@@H]12. The van der Waals surface area contributed by atoms with Gasteiger partial charge in [0.15, 0.2) is 0 Å². The largest absolute Gasteiger partial charge is 0.299 e. The van der Waals surface area contributed by atoms with E-state index in [0.29, 0.717) is 23.5 Å². The molecule has 0 amide bonds. The van der Waals surface area contributed by atoms with E-state index in [-0.39, 0.29) is 10.8 Å². The van der Waals surface area contributed by atoms with Crippen molar-refractivity contribution in [1.29, 1.82) is 0 Å². The Balaban J connectivity index is 1.78. The molecule has 0 aromatic heterocycles. The second-order valence-electron chi connectivity index (χ2n) is 8.35. The van der Waals surface area contributed by atoms with Crippen LogP contribution in [0.15, 0.2) is 48.1 Å². The molecule has 0 aromatic carbocycles. The summed E-state index contributed by atoms with van der Waals surface area (Å²) in [6.45, 7) is 13.1. The van der Waals surface area contributed by atoms with E-state index in [1.165, 1.54) is 17.6 Å². The van der Waals surface area contributed by atoms with Crippen molar-refractivity contribution in [3.8, 4) is 0 Å². The molecule has 4 aliphatic carbocycles. The minimum Gasteiger partial charge on any atom is -0.299 e. The number of hydrogen-bond acceptors (Lipinski definition) is 1. The second-order valence-corrected chi connectivity index (χ2v) is 8.35. The Morgan fingerprint density at radius 2 is 1.95 bits per heavy atom. The van der Waals surface area contributed by atoms with Crippen LogP contribution >= 0.6 is 0 Å². The van der Waals surface area contributed by atoms with E-state index >= 15 is 0 Å². The minimum atomic E-state index is -0.0546. The van der Waals surface area contributed by atoms with Gasteiger partial charge >= 0.3 is 0 Å². The Morgan fingerprint density at radius 1 is 1.18 bits per heavy atom. The summed E-state index contributed by atoms with van der Waals surface area (Å²) in [6, 6.07) is 0. The van der Waals surface area contributed by atoms with Crippen molar-refractivity contribution in [2.45, 2.75) is 46.0 Å². The lowest BCUT2D eigenvalue weighted by Gasteiger charge is -2.56. The average Bonchev–Trinajstić information content (AvgIpc) is 2.77. The molecule has 1 nitrogen and oxygen atoms in total. The quantitative estimate of drug-likeness (QED) is 0.613. The van der Waals surface area contributed by atoms with Gasteiger partial charge in [0.05, 0.1) is 0 Å². The van der Waals surface area contributed by atoms with Crippen LogP contribution in [0.25, 0.3) is 0 Å².